The molecule has 1 amide bonds. The summed E-state index contributed by atoms with van der Waals surface area (Å²) in [4.78, 5) is 36.1. The van der Waals surface area contributed by atoms with E-state index in [0.29, 0.717) is 25.1 Å². The highest BCUT2D eigenvalue weighted by Gasteiger charge is 2.20. The van der Waals surface area contributed by atoms with E-state index in [0.717, 1.165) is 0 Å². The summed E-state index contributed by atoms with van der Waals surface area (Å²) in [6.45, 7) is 4.95. The van der Waals surface area contributed by atoms with Crippen LogP contribution in [0.3, 0.4) is 0 Å². The quantitative estimate of drug-likeness (QED) is 0.258. The van der Waals surface area contributed by atoms with Crippen molar-refractivity contribution in [1.29, 1.82) is 0 Å². The molecule has 0 saturated heterocycles. The average Bonchev–Trinajstić information content (AvgIpc) is 2.60. The van der Waals surface area contributed by atoms with Crippen LogP contribution in [0.15, 0.2) is 24.3 Å². The van der Waals surface area contributed by atoms with E-state index in [4.69, 9.17) is 4.74 Å². The average molecular weight is 366 g/mol. The zero-order chi connectivity index (χ0) is 19.5. The standard InChI is InChI=1S/C18H26N2O6/c1-14(2)26-12-6-10-19(11-9-18(22)25-3)17(21)13-15-7-4-5-8-16(15)20(23)24/h4-5,7-8,14H,6,9-13H2,1-3H3. The molecule has 26 heavy (non-hydrogen) atoms. The fraction of sp³-hybridized carbons (Fsp3) is 0.556. The summed E-state index contributed by atoms with van der Waals surface area (Å²) >= 11 is 0. The Bertz CT molecular complexity index is 617. The van der Waals surface area contributed by atoms with Crippen molar-refractivity contribution in [2.75, 3.05) is 26.8 Å². The molecule has 1 rings (SSSR count). The first-order valence-corrected chi connectivity index (χ1v) is 8.53. The number of rotatable bonds is 11. The fourth-order valence-electron chi connectivity index (χ4n) is 2.38. The van der Waals surface area contributed by atoms with Gasteiger partial charge in [-0.15, -0.1) is 0 Å². The van der Waals surface area contributed by atoms with Gasteiger partial charge in [0.15, 0.2) is 0 Å². The van der Waals surface area contributed by atoms with Crippen LogP contribution in [0.2, 0.25) is 0 Å². The van der Waals surface area contributed by atoms with Crippen LogP contribution in [-0.2, 0) is 25.5 Å². The molecule has 0 N–H and O–H groups in total. The molecule has 0 aromatic heterocycles. The number of carbonyl (C=O) groups is 2. The molecule has 0 radical (unpaired) electrons. The first-order chi connectivity index (χ1) is 12.3. The minimum Gasteiger partial charge on any atom is -0.469 e. The molecule has 0 unspecified atom stereocenters. The molecular weight excluding hydrogens is 340 g/mol. The van der Waals surface area contributed by atoms with Gasteiger partial charge in [-0.3, -0.25) is 19.7 Å². The summed E-state index contributed by atoms with van der Waals surface area (Å²) in [5.41, 5.74) is 0.265. The molecular formula is C18H26N2O6. The molecule has 0 saturated carbocycles. The molecule has 8 nitrogen and oxygen atoms in total. The van der Waals surface area contributed by atoms with Gasteiger partial charge in [0.05, 0.1) is 31.0 Å². The number of amides is 1. The lowest BCUT2D eigenvalue weighted by atomic mass is 10.1. The summed E-state index contributed by atoms with van der Waals surface area (Å²) in [6, 6.07) is 6.16. The number of para-hydroxylation sites is 1. The third-order valence-corrected chi connectivity index (χ3v) is 3.72. The number of nitrogens with zero attached hydrogens (tertiary/aromatic N) is 2. The van der Waals surface area contributed by atoms with Gasteiger partial charge in [-0.2, -0.15) is 0 Å². The van der Waals surface area contributed by atoms with E-state index >= 15 is 0 Å². The molecule has 0 atom stereocenters. The van der Waals surface area contributed by atoms with E-state index in [2.05, 4.69) is 4.74 Å². The van der Waals surface area contributed by atoms with Crippen LogP contribution in [0.1, 0.15) is 32.3 Å². The van der Waals surface area contributed by atoms with E-state index in [1.54, 1.807) is 18.2 Å². The van der Waals surface area contributed by atoms with E-state index in [1.165, 1.54) is 18.1 Å². The zero-order valence-electron chi connectivity index (χ0n) is 15.5. The van der Waals surface area contributed by atoms with E-state index < -0.39 is 10.9 Å². The summed E-state index contributed by atoms with van der Waals surface area (Å²) < 4.78 is 10.1. The molecule has 1 aromatic carbocycles. The lowest BCUT2D eigenvalue weighted by molar-refractivity contribution is -0.385. The number of nitro groups is 1. The van der Waals surface area contributed by atoms with E-state index in [9.17, 15) is 19.7 Å². The third kappa shape index (κ3) is 7.60. The second-order valence-electron chi connectivity index (χ2n) is 6.04. The maximum Gasteiger partial charge on any atom is 0.307 e. The molecule has 8 heteroatoms. The molecule has 144 valence electrons. The summed E-state index contributed by atoms with van der Waals surface area (Å²) in [6.07, 6.45) is 0.691. The molecule has 0 aliphatic rings. The highest BCUT2D eigenvalue weighted by Crippen LogP contribution is 2.19. The Morgan fingerprint density at radius 3 is 2.54 bits per heavy atom. The van der Waals surface area contributed by atoms with Gasteiger partial charge in [0.2, 0.25) is 5.91 Å². The number of benzene rings is 1. The smallest absolute Gasteiger partial charge is 0.307 e. The number of methoxy groups -OCH3 is 1. The van der Waals surface area contributed by atoms with Crippen LogP contribution in [0.5, 0.6) is 0 Å². The Labute approximate surface area is 153 Å². The lowest BCUT2D eigenvalue weighted by Crippen LogP contribution is -2.36. The molecule has 0 fully saturated rings. The van der Waals surface area contributed by atoms with E-state index in [1.807, 2.05) is 13.8 Å². The second-order valence-corrected chi connectivity index (χ2v) is 6.04. The fourth-order valence-corrected chi connectivity index (χ4v) is 2.38. The van der Waals surface area contributed by atoms with Crippen LogP contribution >= 0.6 is 0 Å². The van der Waals surface area contributed by atoms with Crippen LogP contribution in [0.25, 0.3) is 0 Å². The van der Waals surface area contributed by atoms with Crippen LogP contribution in [-0.4, -0.2) is 54.6 Å². The lowest BCUT2D eigenvalue weighted by Gasteiger charge is -2.22. The SMILES string of the molecule is COC(=O)CCN(CCCOC(C)C)C(=O)Cc1ccccc1[N+](=O)[O-]. The minimum atomic E-state index is -0.502. The Hall–Kier alpha value is -2.48. The van der Waals surface area contributed by atoms with Crippen molar-refractivity contribution in [2.24, 2.45) is 0 Å². The molecule has 0 bridgehead atoms. The van der Waals surface area contributed by atoms with Gasteiger partial charge in [-0.25, -0.2) is 0 Å². The van der Waals surface area contributed by atoms with Gasteiger partial charge in [0.1, 0.15) is 0 Å². The van der Waals surface area contributed by atoms with Gasteiger partial charge in [-0.1, -0.05) is 18.2 Å². The van der Waals surface area contributed by atoms with Crippen LogP contribution in [0, 0.1) is 10.1 Å². The van der Waals surface area contributed by atoms with Crippen molar-refractivity contribution in [1.82, 2.24) is 4.90 Å². The largest absolute Gasteiger partial charge is 0.469 e. The first-order valence-electron chi connectivity index (χ1n) is 8.53. The number of esters is 1. The Morgan fingerprint density at radius 2 is 1.92 bits per heavy atom. The van der Waals surface area contributed by atoms with Crippen LogP contribution < -0.4 is 0 Å². The number of carbonyl (C=O) groups excluding carboxylic acids is 2. The predicted molar refractivity (Wildman–Crippen MR) is 95.7 cm³/mol. The van der Waals surface area contributed by atoms with Crippen molar-refractivity contribution in [3.63, 3.8) is 0 Å². The molecule has 1 aromatic rings. The minimum absolute atomic E-state index is 0.0736. The number of hydrogen-bond acceptors (Lipinski definition) is 6. The maximum absolute atomic E-state index is 12.6. The third-order valence-electron chi connectivity index (χ3n) is 3.72. The summed E-state index contributed by atoms with van der Waals surface area (Å²) in [5.74, 6) is -0.681. The Balaban J connectivity index is 2.75. The molecule has 0 aliphatic carbocycles. The Morgan fingerprint density at radius 1 is 1.23 bits per heavy atom. The van der Waals surface area contributed by atoms with E-state index in [-0.39, 0.29) is 37.1 Å². The van der Waals surface area contributed by atoms with Gasteiger partial charge in [0.25, 0.3) is 5.69 Å². The van der Waals surface area contributed by atoms with Crippen molar-refractivity contribution in [3.8, 4) is 0 Å². The van der Waals surface area contributed by atoms with Crippen molar-refractivity contribution >= 4 is 17.6 Å². The summed E-state index contributed by atoms with van der Waals surface area (Å²) in [5, 5.41) is 11.1. The van der Waals surface area contributed by atoms with Crippen molar-refractivity contribution in [3.05, 3.63) is 39.9 Å². The molecule has 0 heterocycles. The monoisotopic (exact) mass is 366 g/mol. The highest BCUT2D eigenvalue weighted by atomic mass is 16.6. The maximum atomic E-state index is 12.6. The van der Waals surface area contributed by atoms with Crippen LogP contribution in [0.4, 0.5) is 5.69 Å². The first kappa shape index (κ1) is 21.6. The second kappa shape index (κ2) is 11.2. The van der Waals surface area contributed by atoms with Gasteiger partial charge in [-0.05, 0) is 20.3 Å². The van der Waals surface area contributed by atoms with Gasteiger partial charge < -0.3 is 14.4 Å². The molecule has 0 spiro atoms. The summed E-state index contributed by atoms with van der Waals surface area (Å²) in [7, 11) is 1.29. The normalized spacial score (nSPS) is 10.6. The molecule has 0 aliphatic heterocycles. The van der Waals surface area contributed by atoms with Gasteiger partial charge in [0, 0.05) is 31.3 Å². The number of nitro benzene ring substituents is 1. The Kier molecular flexibility index (Phi) is 9.29. The zero-order valence-corrected chi connectivity index (χ0v) is 15.5. The van der Waals surface area contributed by atoms with Crippen molar-refractivity contribution in [2.45, 2.75) is 39.2 Å². The predicted octanol–water partition coefficient (Wildman–Crippen LogP) is 2.34. The topological polar surface area (TPSA) is 99.0 Å². The highest BCUT2D eigenvalue weighted by molar-refractivity contribution is 5.80. The number of hydrogen-bond donors (Lipinski definition) is 0. The van der Waals surface area contributed by atoms with Crippen molar-refractivity contribution < 1.29 is 24.0 Å². The number of ether oxygens (including phenoxy) is 2. The van der Waals surface area contributed by atoms with Gasteiger partial charge >= 0.3 is 5.97 Å².